The highest BCUT2D eigenvalue weighted by atomic mass is 32.2. The standard InChI is InChI=1S/C12H13F2N3O2S/c1-2-11-15-12(17-16-11)7-20(18,19)6-8-9(13)4-3-5-10(8)14/h3-5H,2,6-7H2,1H3,(H,15,16,17). The molecule has 0 unspecified atom stereocenters. The van der Waals surface area contributed by atoms with Crippen LogP contribution in [0.25, 0.3) is 0 Å². The number of sulfone groups is 1. The van der Waals surface area contributed by atoms with E-state index in [9.17, 15) is 17.2 Å². The highest BCUT2D eigenvalue weighted by Gasteiger charge is 2.20. The number of rotatable bonds is 5. The number of aryl methyl sites for hydroxylation is 1. The molecule has 1 aromatic heterocycles. The molecular weight excluding hydrogens is 288 g/mol. The van der Waals surface area contributed by atoms with E-state index in [-0.39, 0.29) is 5.82 Å². The summed E-state index contributed by atoms with van der Waals surface area (Å²) in [4.78, 5) is 3.97. The van der Waals surface area contributed by atoms with Crippen molar-refractivity contribution in [3.63, 3.8) is 0 Å². The zero-order chi connectivity index (χ0) is 14.8. The molecule has 0 amide bonds. The molecule has 0 saturated carbocycles. The van der Waals surface area contributed by atoms with Gasteiger partial charge in [0.1, 0.15) is 29.0 Å². The third-order valence-corrected chi connectivity index (χ3v) is 4.12. The Labute approximate surface area is 115 Å². The van der Waals surface area contributed by atoms with Gasteiger partial charge in [-0.15, -0.1) is 0 Å². The Morgan fingerprint density at radius 1 is 1.20 bits per heavy atom. The van der Waals surface area contributed by atoms with Crippen LogP contribution in [0.3, 0.4) is 0 Å². The van der Waals surface area contributed by atoms with E-state index in [0.29, 0.717) is 12.2 Å². The predicted molar refractivity (Wildman–Crippen MR) is 68.4 cm³/mol. The zero-order valence-corrected chi connectivity index (χ0v) is 11.5. The van der Waals surface area contributed by atoms with Gasteiger partial charge in [0.15, 0.2) is 9.84 Å². The van der Waals surface area contributed by atoms with Crippen molar-refractivity contribution in [2.45, 2.75) is 24.9 Å². The van der Waals surface area contributed by atoms with Gasteiger partial charge in [-0.1, -0.05) is 13.0 Å². The van der Waals surface area contributed by atoms with Crippen LogP contribution >= 0.6 is 0 Å². The molecule has 0 fully saturated rings. The Morgan fingerprint density at radius 3 is 2.40 bits per heavy atom. The maximum absolute atomic E-state index is 13.4. The Hall–Kier alpha value is -1.83. The van der Waals surface area contributed by atoms with E-state index in [1.165, 1.54) is 6.07 Å². The monoisotopic (exact) mass is 301 g/mol. The summed E-state index contributed by atoms with van der Waals surface area (Å²) in [5, 5.41) is 6.31. The maximum Gasteiger partial charge on any atom is 0.161 e. The van der Waals surface area contributed by atoms with E-state index >= 15 is 0 Å². The van der Waals surface area contributed by atoms with Gasteiger partial charge in [0.05, 0.1) is 5.75 Å². The van der Waals surface area contributed by atoms with Crippen molar-refractivity contribution < 1.29 is 17.2 Å². The minimum absolute atomic E-state index is 0.165. The molecule has 8 heteroatoms. The summed E-state index contributed by atoms with van der Waals surface area (Å²) in [6.07, 6.45) is 0.568. The zero-order valence-electron chi connectivity index (χ0n) is 10.7. The molecule has 1 N–H and O–H groups in total. The van der Waals surface area contributed by atoms with Gasteiger partial charge in [0.25, 0.3) is 0 Å². The largest absolute Gasteiger partial charge is 0.262 e. The van der Waals surface area contributed by atoms with Crippen molar-refractivity contribution in [3.05, 3.63) is 47.0 Å². The van der Waals surface area contributed by atoms with Crippen LogP contribution in [0.5, 0.6) is 0 Å². The summed E-state index contributed by atoms with van der Waals surface area (Å²) in [6, 6.07) is 3.24. The van der Waals surface area contributed by atoms with Crippen molar-refractivity contribution in [3.8, 4) is 0 Å². The normalized spacial score (nSPS) is 11.8. The Balaban J connectivity index is 2.19. The van der Waals surface area contributed by atoms with Crippen LogP contribution in [0, 0.1) is 11.6 Å². The van der Waals surface area contributed by atoms with Crippen molar-refractivity contribution in [2.75, 3.05) is 0 Å². The van der Waals surface area contributed by atoms with Gasteiger partial charge in [0.2, 0.25) is 0 Å². The van der Waals surface area contributed by atoms with E-state index in [2.05, 4.69) is 15.2 Å². The summed E-state index contributed by atoms with van der Waals surface area (Å²) in [5.41, 5.74) is -0.456. The molecule has 0 spiro atoms. The number of aromatic amines is 1. The Kier molecular flexibility index (Phi) is 4.12. The molecule has 1 heterocycles. The van der Waals surface area contributed by atoms with E-state index in [0.717, 1.165) is 12.1 Å². The lowest BCUT2D eigenvalue weighted by Crippen LogP contribution is -2.11. The van der Waals surface area contributed by atoms with Gasteiger partial charge in [-0.05, 0) is 12.1 Å². The summed E-state index contributed by atoms with van der Waals surface area (Å²) in [6.45, 7) is 1.83. The third-order valence-electron chi connectivity index (χ3n) is 2.68. The van der Waals surface area contributed by atoms with Crippen LogP contribution in [-0.4, -0.2) is 23.6 Å². The number of hydrogen-bond donors (Lipinski definition) is 1. The van der Waals surface area contributed by atoms with E-state index < -0.39 is 38.5 Å². The fraction of sp³-hybridized carbons (Fsp3) is 0.333. The molecule has 108 valence electrons. The molecule has 0 radical (unpaired) electrons. The first-order chi connectivity index (χ1) is 9.41. The first kappa shape index (κ1) is 14.6. The molecule has 0 aliphatic heterocycles. The topological polar surface area (TPSA) is 75.7 Å². The Morgan fingerprint density at radius 2 is 1.85 bits per heavy atom. The highest BCUT2D eigenvalue weighted by molar-refractivity contribution is 7.89. The molecule has 2 rings (SSSR count). The Bertz CT molecular complexity index is 693. The number of halogens is 2. The quantitative estimate of drug-likeness (QED) is 0.913. The number of nitrogens with zero attached hydrogens (tertiary/aromatic N) is 2. The molecule has 0 aliphatic carbocycles. The first-order valence-corrected chi connectivity index (χ1v) is 7.77. The van der Waals surface area contributed by atoms with E-state index in [1.54, 1.807) is 0 Å². The average molecular weight is 301 g/mol. The molecular formula is C12H13F2N3O2S. The first-order valence-electron chi connectivity index (χ1n) is 5.94. The second kappa shape index (κ2) is 5.66. The number of H-pyrrole nitrogens is 1. The second-order valence-corrected chi connectivity index (χ2v) is 6.35. The SMILES string of the molecule is CCc1n[nH]c(CS(=O)(=O)Cc2c(F)cccc2F)n1. The molecule has 0 aliphatic rings. The van der Waals surface area contributed by atoms with Crippen molar-refractivity contribution >= 4 is 9.84 Å². The van der Waals surface area contributed by atoms with E-state index in [1.807, 2.05) is 6.92 Å². The van der Waals surface area contributed by atoms with Crippen LogP contribution in [0.1, 0.15) is 24.1 Å². The number of nitrogens with one attached hydrogen (secondary N) is 1. The van der Waals surface area contributed by atoms with E-state index in [4.69, 9.17) is 0 Å². The van der Waals surface area contributed by atoms with Crippen LogP contribution in [0.2, 0.25) is 0 Å². The number of hydrogen-bond acceptors (Lipinski definition) is 4. The molecule has 0 saturated heterocycles. The third kappa shape index (κ3) is 3.38. The van der Waals surface area contributed by atoms with Crippen LogP contribution < -0.4 is 0 Å². The molecule has 20 heavy (non-hydrogen) atoms. The molecule has 2 aromatic rings. The van der Waals surface area contributed by atoms with Crippen LogP contribution in [0.15, 0.2) is 18.2 Å². The van der Waals surface area contributed by atoms with Crippen molar-refractivity contribution in [1.29, 1.82) is 0 Å². The van der Waals surface area contributed by atoms with Crippen molar-refractivity contribution in [1.82, 2.24) is 15.2 Å². The average Bonchev–Trinajstić information content (AvgIpc) is 2.81. The van der Waals surface area contributed by atoms with Gasteiger partial charge in [0, 0.05) is 12.0 Å². The lowest BCUT2D eigenvalue weighted by atomic mass is 10.2. The minimum atomic E-state index is -3.74. The number of aromatic nitrogens is 3. The van der Waals surface area contributed by atoms with Crippen LogP contribution in [-0.2, 0) is 27.8 Å². The highest BCUT2D eigenvalue weighted by Crippen LogP contribution is 2.17. The van der Waals surface area contributed by atoms with Gasteiger partial charge in [-0.25, -0.2) is 22.2 Å². The van der Waals surface area contributed by atoms with Gasteiger partial charge >= 0.3 is 0 Å². The lowest BCUT2D eigenvalue weighted by Gasteiger charge is -2.05. The van der Waals surface area contributed by atoms with Gasteiger partial charge in [-0.3, -0.25) is 5.10 Å². The minimum Gasteiger partial charge on any atom is -0.262 e. The summed E-state index contributed by atoms with van der Waals surface area (Å²) in [7, 11) is -3.74. The summed E-state index contributed by atoms with van der Waals surface area (Å²) in [5.74, 6) is -2.24. The maximum atomic E-state index is 13.4. The fourth-order valence-electron chi connectivity index (χ4n) is 1.71. The van der Waals surface area contributed by atoms with Gasteiger partial charge < -0.3 is 0 Å². The second-order valence-electron chi connectivity index (χ2n) is 4.28. The summed E-state index contributed by atoms with van der Waals surface area (Å²) < 4.78 is 50.8. The summed E-state index contributed by atoms with van der Waals surface area (Å²) >= 11 is 0. The predicted octanol–water partition coefficient (Wildman–Crippen LogP) is 1.76. The molecule has 5 nitrogen and oxygen atoms in total. The number of benzene rings is 1. The van der Waals surface area contributed by atoms with Crippen LogP contribution in [0.4, 0.5) is 8.78 Å². The molecule has 0 bridgehead atoms. The molecule has 1 aromatic carbocycles. The lowest BCUT2D eigenvalue weighted by molar-refractivity contribution is 0.555. The molecule has 0 atom stereocenters. The van der Waals surface area contributed by atoms with Crippen molar-refractivity contribution in [2.24, 2.45) is 0 Å². The fourth-order valence-corrected chi connectivity index (χ4v) is 3.07. The van der Waals surface area contributed by atoms with Gasteiger partial charge in [-0.2, -0.15) is 5.10 Å². The smallest absolute Gasteiger partial charge is 0.161 e.